The van der Waals surface area contributed by atoms with Crippen LogP contribution in [0.5, 0.6) is 0 Å². The fourth-order valence-corrected chi connectivity index (χ4v) is 2.85. The Bertz CT molecular complexity index is 895. The SMILES string of the molecule is CC[n+]1c(C=Cc2ccccc2C(F)(F)F)ccc2ccccc21. The Morgan fingerprint density at radius 1 is 0.875 bits per heavy atom. The minimum Gasteiger partial charge on any atom is -0.192 e. The molecule has 0 saturated heterocycles. The minimum absolute atomic E-state index is 0.167. The Hall–Kier alpha value is -2.62. The number of halogens is 3. The first-order valence-corrected chi connectivity index (χ1v) is 7.76. The first-order valence-electron chi connectivity index (χ1n) is 7.76. The lowest BCUT2D eigenvalue weighted by molar-refractivity contribution is -0.669. The number of nitrogens with zero attached hydrogens (tertiary/aromatic N) is 1. The summed E-state index contributed by atoms with van der Waals surface area (Å²) in [6.07, 6.45) is -1.09. The quantitative estimate of drug-likeness (QED) is 0.572. The van der Waals surface area contributed by atoms with Crippen molar-refractivity contribution in [3.8, 4) is 0 Å². The Morgan fingerprint density at radius 3 is 2.33 bits per heavy atom. The molecule has 1 aromatic heterocycles. The highest BCUT2D eigenvalue weighted by atomic mass is 19.4. The van der Waals surface area contributed by atoms with Gasteiger partial charge in [-0.25, -0.2) is 0 Å². The Kier molecular flexibility index (Phi) is 4.38. The van der Waals surface area contributed by atoms with E-state index in [2.05, 4.69) is 4.57 Å². The van der Waals surface area contributed by atoms with Gasteiger partial charge >= 0.3 is 6.18 Å². The van der Waals surface area contributed by atoms with Gasteiger partial charge in [0.2, 0.25) is 11.2 Å². The fourth-order valence-electron chi connectivity index (χ4n) is 2.85. The molecule has 2 aromatic carbocycles. The van der Waals surface area contributed by atoms with Gasteiger partial charge in [-0.2, -0.15) is 17.7 Å². The van der Waals surface area contributed by atoms with Crippen LogP contribution in [-0.2, 0) is 12.7 Å². The van der Waals surface area contributed by atoms with Gasteiger partial charge in [0, 0.05) is 23.6 Å². The number of fused-ring (bicyclic) bond motifs is 1. The van der Waals surface area contributed by atoms with Crippen molar-refractivity contribution >= 4 is 23.1 Å². The summed E-state index contributed by atoms with van der Waals surface area (Å²) in [6, 6.07) is 17.5. The first-order chi connectivity index (χ1) is 11.5. The van der Waals surface area contributed by atoms with E-state index in [4.69, 9.17) is 0 Å². The summed E-state index contributed by atoms with van der Waals surface area (Å²) in [6.45, 7) is 2.76. The predicted molar refractivity (Wildman–Crippen MR) is 90.2 cm³/mol. The van der Waals surface area contributed by atoms with E-state index in [1.54, 1.807) is 12.1 Å². The van der Waals surface area contributed by atoms with Crippen molar-refractivity contribution in [1.82, 2.24) is 0 Å². The van der Waals surface area contributed by atoms with Gasteiger partial charge in [0.25, 0.3) is 0 Å². The van der Waals surface area contributed by atoms with Crippen molar-refractivity contribution in [2.75, 3.05) is 0 Å². The maximum Gasteiger partial charge on any atom is 0.416 e. The molecule has 0 aliphatic heterocycles. The molecule has 1 nitrogen and oxygen atoms in total. The molecule has 0 aliphatic carbocycles. The van der Waals surface area contributed by atoms with E-state index in [0.717, 1.165) is 29.2 Å². The number of rotatable bonds is 3. The second kappa shape index (κ2) is 6.48. The zero-order valence-electron chi connectivity index (χ0n) is 13.2. The van der Waals surface area contributed by atoms with E-state index in [1.807, 2.05) is 43.3 Å². The molecule has 122 valence electrons. The summed E-state index contributed by atoms with van der Waals surface area (Å²) in [5.74, 6) is 0. The monoisotopic (exact) mass is 328 g/mol. The van der Waals surface area contributed by atoms with Crippen LogP contribution in [0.2, 0.25) is 0 Å². The van der Waals surface area contributed by atoms with Crippen LogP contribution in [0.15, 0.2) is 60.7 Å². The highest BCUT2D eigenvalue weighted by molar-refractivity contribution is 5.77. The molecule has 0 spiro atoms. The molecule has 0 N–H and O–H groups in total. The van der Waals surface area contributed by atoms with Gasteiger partial charge in [0.05, 0.1) is 5.56 Å². The fraction of sp³-hybridized carbons (Fsp3) is 0.150. The lowest BCUT2D eigenvalue weighted by Gasteiger charge is -2.09. The van der Waals surface area contributed by atoms with Gasteiger partial charge in [-0.05, 0) is 36.8 Å². The van der Waals surface area contributed by atoms with Gasteiger partial charge in [-0.1, -0.05) is 30.3 Å². The molecule has 0 amide bonds. The molecule has 0 fully saturated rings. The van der Waals surface area contributed by atoms with Crippen LogP contribution < -0.4 is 4.57 Å². The molecule has 0 unspecified atom stereocenters. The van der Waals surface area contributed by atoms with Crippen LogP contribution in [-0.4, -0.2) is 0 Å². The average Bonchev–Trinajstić information content (AvgIpc) is 2.58. The van der Waals surface area contributed by atoms with E-state index in [0.29, 0.717) is 0 Å². The number of pyridine rings is 1. The summed E-state index contributed by atoms with van der Waals surface area (Å²) in [7, 11) is 0. The van der Waals surface area contributed by atoms with E-state index in [9.17, 15) is 13.2 Å². The van der Waals surface area contributed by atoms with Crippen LogP contribution in [0.4, 0.5) is 13.2 Å². The highest BCUT2D eigenvalue weighted by Gasteiger charge is 2.32. The van der Waals surface area contributed by atoms with Crippen LogP contribution >= 0.6 is 0 Å². The van der Waals surface area contributed by atoms with E-state index < -0.39 is 11.7 Å². The summed E-state index contributed by atoms with van der Waals surface area (Å²) in [5, 5.41) is 1.10. The number of alkyl halides is 3. The zero-order valence-corrected chi connectivity index (χ0v) is 13.2. The average molecular weight is 328 g/mol. The second-order valence-electron chi connectivity index (χ2n) is 5.48. The molecule has 0 radical (unpaired) electrons. The largest absolute Gasteiger partial charge is 0.416 e. The maximum atomic E-state index is 13.1. The number of hydrogen-bond donors (Lipinski definition) is 0. The Labute approximate surface area is 138 Å². The highest BCUT2D eigenvalue weighted by Crippen LogP contribution is 2.32. The maximum absolute atomic E-state index is 13.1. The van der Waals surface area contributed by atoms with Crippen LogP contribution in [0.25, 0.3) is 23.1 Å². The molecule has 3 rings (SSSR count). The third kappa shape index (κ3) is 3.18. The van der Waals surface area contributed by atoms with Gasteiger partial charge in [-0.3, -0.25) is 0 Å². The smallest absolute Gasteiger partial charge is 0.192 e. The number of aryl methyl sites for hydroxylation is 1. The Balaban J connectivity index is 2.06. The number of hydrogen-bond acceptors (Lipinski definition) is 0. The molecular formula is C20H17F3N+. The van der Waals surface area contributed by atoms with Gasteiger partial charge < -0.3 is 0 Å². The first kappa shape index (κ1) is 16.2. The van der Waals surface area contributed by atoms with Gasteiger partial charge in [0.15, 0.2) is 0 Å². The molecule has 0 atom stereocenters. The van der Waals surface area contributed by atoms with E-state index in [1.165, 1.54) is 18.2 Å². The topological polar surface area (TPSA) is 3.88 Å². The summed E-state index contributed by atoms with van der Waals surface area (Å²) in [5.41, 5.74) is 1.48. The lowest BCUT2D eigenvalue weighted by Crippen LogP contribution is -2.36. The number of benzene rings is 2. The van der Waals surface area contributed by atoms with Crippen molar-refractivity contribution in [1.29, 1.82) is 0 Å². The van der Waals surface area contributed by atoms with Crippen LogP contribution in [0.1, 0.15) is 23.7 Å². The normalized spacial score (nSPS) is 12.2. The standard InChI is InChI=1S/C20H17F3N/c1-2-24-17(14-12-16-8-4-6-10-19(16)24)13-11-15-7-3-5-9-18(15)20(21,22)23/h3-14H,2H2,1H3/q+1. The molecule has 0 saturated carbocycles. The molecule has 3 aromatic rings. The lowest BCUT2D eigenvalue weighted by atomic mass is 10.1. The van der Waals surface area contributed by atoms with Gasteiger partial charge in [0.1, 0.15) is 6.54 Å². The van der Waals surface area contributed by atoms with E-state index >= 15 is 0 Å². The molecule has 1 heterocycles. The summed E-state index contributed by atoms with van der Waals surface area (Å²) >= 11 is 0. The van der Waals surface area contributed by atoms with Crippen molar-refractivity contribution in [3.63, 3.8) is 0 Å². The van der Waals surface area contributed by atoms with Crippen molar-refractivity contribution in [2.24, 2.45) is 0 Å². The summed E-state index contributed by atoms with van der Waals surface area (Å²) in [4.78, 5) is 0. The molecule has 0 bridgehead atoms. The molecule has 24 heavy (non-hydrogen) atoms. The van der Waals surface area contributed by atoms with E-state index in [-0.39, 0.29) is 5.56 Å². The van der Waals surface area contributed by atoms with Crippen LogP contribution in [0.3, 0.4) is 0 Å². The minimum atomic E-state index is -4.36. The third-order valence-electron chi connectivity index (χ3n) is 3.99. The third-order valence-corrected chi connectivity index (χ3v) is 3.99. The molecule has 0 aliphatic rings. The van der Waals surface area contributed by atoms with Crippen molar-refractivity contribution < 1.29 is 17.7 Å². The zero-order chi connectivity index (χ0) is 17.2. The number of para-hydroxylation sites is 1. The van der Waals surface area contributed by atoms with Crippen molar-refractivity contribution in [3.05, 3.63) is 77.5 Å². The molecule has 4 heteroatoms. The molecular weight excluding hydrogens is 311 g/mol. The Morgan fingerprint density at radius 2 is 1.58 bits per heavy atom. The summed E-state index contributed by atoms with van der Waals surface area (Å²) < 4.78 is 41.4. The number of aromatic nitrogens is 1. The predicted octanol–water partition coefficient (Wildman–Crippen LogP) is 5.34. The van der Waals surface area contributed by atoms with Crippen molar-refractivity contribution in [2.45, 2.75) is 19.6 Å². The second-order valence-corrected chi connectivity index (χ2v) is 5.48. The van der Waals surface area contributed by atoms with Crippen LogP contribution in [0, 0.1) is 0 Å². The van der Waals surface area contributed by atoms with Gasteiger partial charge in [-0.15, -0.1) is 0 Å².